The number of benzene rings is 1. The Morgan fingerprint density at radius 1 is 1.41 bits per heavy atom. The maximum Gasteiger partial charge on any atom is 0.121 e. The van der Waals surface area contributed by atoms with E-state index in [1.807, 2.05) is 13.8 Å². The van der Waals surface area contributed by atoms with Crippen molar-refractivity contribution in [1.82, 2.24) is 5.32 Å². The molecule has 2 N–H and O–H groups in total. The van der Waals surface area contributed by atoms with Crippen molar-refractivity contribution in [1.29, 1.82) is 0 Å². The molecule has 0 atom stereocenters. The monoisotopic (exact) mass is 257 g/mol. The van der Waals surface area contributed by atoms with Crippen molar-refractivity contribution in [3.8, 4) is 5.75 Å². The molecule has 0 aromatic heterocycles. The maximum atomic E-state index is 9.62. The van der Waals surface area contributed by atoms with E-state index in [-0.39, 0.29) is 11.9 Å². The molecule has 1 aromatic carbocycles. The molecule has 0 saturated carbocycles. The van der Waals surface area contributed by atoms with E-state index in [0.29, 0.717) is 11.6 Å². The van der Waals surface area contributed by atoms with E-state index in [9.17, 15) is 5.11 Å². The van der Waals surface area contributed by atoms with E-state index in [0.717, 1.165) is 25.1 Å². The molecular formula is C13H20ClNO2. The fourth-order valence-corrected chi connectivity index (χ4v) is 1.69. The van der Waals surface area contributed by atoms with Crippen LogP contribution in [0, 0.1) is 0 Å². The molecule has 17 heavy (non-hydrogen) atoms. The number of phenolic OH excluding ortho intramolecular Hbond substituents is 1. The summed E-state index contributed by atoms with van der Waals surface area (Å²) in [5.74, 6) is 0.239. The first kappa shape index (κ1) is 14.3. The second-order valence-corrected chi connectivity index (χ2v) is 4.59. The second kappa shape index (κ2) is 7.54. The van der Waals surface area contributed by atoms with Crippen LogP contribution in [0.2, 0.25) is 5.02 Å². The van der Waals surface area contributed by atoms with Crippen LogP contribution in [0.4, 0.5) is 0 Å². The van der Waals surface area contributed by atoms with Crippen molar-refractivity contribution in [2.24, 2.45) is 0 Å². The van der Waals surface area contributed by atoms with E-state index < -0.39 is 0 Å². The highest BCUT2D eigenvalue weighted by atomic mass is 35.5. The molecule has 0 fully saturated rings. The molecule has 96 valence electrons. The first-order chi connectivity index (χ1) is 8.11. The number of halogens is 1. The number of rotatable bonds is 7. The van der Waals surface area contributed by atoms with Crippen molar-refractivity contribution in [3.05, 3.63) is 28.8 Å². The number of hydrogen-bond acceptors (Lipinski definition) is 3. The number of phenols is 1. The summed E-state index contributed by atoms with van der Waals surface area (Å²) < 4.78 is 5.43. The molecule has 0 aliphatic rings. The molecule has 0 bridgehead atoms. The van der Waals surface area contributed by atoms with E-state index in [1.54, 1.807) is 18.2 Å². The molecule has 0 aliphatic carbocycles. The molecule has 3 nitrogen and oxygen atoms in total. The summed E-state index contributed by atoms with van der Waals surface area (Å²) in [6.07, 6.45) is 1.23. The van der Waals surface area contributed by atoms with Gasteiger partial charge in [0.2, 0.25) is 0 Å². The normalized spacial score (nSPS) is 11.1. The van der Waals surface area contributed by atoms with Crippen LogP contribution in [0.3, 0.4) is 0 Å². The largest absolute Gasteiger partial charge is 0.508 e. The quantitative estimate of drug-likeness (QED) is 0.738. The van der Waals surface area contributed by atoms with Crippen LogP contribution in [0.1, 0.15) is 25.8 Å². The molecule has 0 spiro atoms. The molecule has 0 heterocycles. The molecule has 0 amide bonds. The zero-order valence-electron chi connectivity index (χ0n) is 10.4. The van der Waals surface area contributed by atoms with Gasteiger partial charge in [-0.05, 0) is 38.9 Å². The summed E-state index contributed by atoms with van der Waals surface area (Å²) in [6.45, 7) is 6.22. The van der Waals surface area contributed by atoms with E-state index >= 15 is 0 Å². The first-order valence-electron chi connectivity index (χ1n) is 5.90. The highest BCUT2D eigenvalue weighted by Gasteiger charge is 2.04. The molecule has 0 aliphatic heterocycles. The molecule has 0 radical (unpaired) electrons. The van der Waals surface area contributed by atoms with Gasteiger partial charge in [0, 0.05) is 23.7 Å². The summed E-state index contributed by atoms with van der Waals surface area (Å²) in [5.41, 5.74) is 0.749. The lowest BCUT2D eigenvalue weighted by Gasteiger charge is -2.10. The Labute approximate surface area is 108 Å². The van der Waals surface area contributed by atoms with Gasteiger partial charge in [0.05, 0.1) is 6.10 Å². The minimum atomic E-state index is 0.239. The summed E-state index contributed by atoms with van der Waals surface area (Å²) >= 11 is 5.99. The van der Waals surface area contributed by atoms with Crippen LogP contribution < -0.4 is 5.32 Å². The van der Waals surface area contributed by atoms with Crippen LogP contribution >= 0.6 is 11.6 Å². The Balaban J connectivity index is 2.22. The van der Waals surface area contributed by atoms with Gasteiger partial charge >= 0.3 is 0 Å². The van der Waals surface area contributed by atoms with Gasteiger partial charge in [-0.25, -0.2) is 0 Å². The van der Waals surface area contributed by atoms with Gasteiger partial charge < -0.3 is 15.2 Å². The molecule has 4 heteroatoms. The number of nitrogens with one attached hydrogen (secondary N) is 1. The van der Waals surface area contributed by atoms with E-state index in [2.05, 4.69) is 5.32 Å². The lowest BCUT2D eigenvalue weighted by molar-refractivity contribution is 0.0770. The minimum absolute atomic E-state index is 0.239. The van der Waals surface area contributed by atoms with Crippen LogP contribution in [0.15, 0.2) is 18.2 Å². The zero-order valence-corrected chi connectivity index (χ0v) is 11.1. The number of aromatic hydroxyl groups is 1. The van der Waals surface area contributed by atoms with Gasteiger partial charge in [-0.2, -0.15) is 0 Å². The summed E-state index contributed by atoms with van der Waals surface area (Å²) in [5, 5.41) is 13.4. The lowest BCUT2D eigenvalue weighted by atomic mass is 10.2. The maximum absolute atomic E-state index is 9.62. The highest BCUT2D eigenvalue weighted by molar-refractivity contribution is 6.31. The smallest absolute Gasteiger partial charge is 0.121 e. The fraction of sp³-hybridized carbons (Fsp3) is 0.538. The summed E-state index contributed by atoms with van der Waals surface area (Å²) in [7, 11) is 0. The third kappa shape index (κ3) is 5.39. The molecule has 1 rings (SSSR count). The van der Waals surface area contributed by atoms with Gasteiger partial charge in [-0.1, -0.05) is 17.7 Å². The second-order valence-electron chi connectivity index (χ2n) is 4.19. The molecular weight excluding hydrogens is 238 g/mol. The Bertz CT molecular complexity index is 322. The van der Waals surface area contributed by atoms with Crippen LogP contribution in [-0.2, 0) is 11.3 Å². The SMILES string of the molecule is CC(C)OCCCNCc1c(O)cccc1Cl. The number of ether oxygens (including phenoxy) is 1. The van der Waals surface area contributed by atoms with Crippen LogP contribution in [0.5, 0.6) is 5.75 Å². The molecule has 0 unspecified atom stereocenters. The zero-order chi connectivity index (χ0) is 12.7. The molecule has 1 aromatic rings. The van der Waals surface area contributed by atoms with E-state index in [1.165, 1.54) is 0 Å². The Morgan fingerprint density at radius 3 is 2.82 bits per heavy atom. The predicted molar refractivity (Wildman–Crippen MR) is 70.5 cm³/mol. The fourth-order valence-electron chi connectivity index (χ4n) is 1.45. The van der Waals surface area contributed by atoms with Crippen molar-refractivity contribution in [3.63, 3.8) is 0 Å². The predicted octanol–water partition coefficient (Wildman–Crippen LogP) is 2.95. The van der Waals surface area contributed by atoms with Crippen molar-refractivity contribution < 1.29 is 9.84 Å². The summed E-state index contributed by atoms with van der Waals surface area (Å²) in [4.78, 5) is 0. The van der Waals surface area contributed by atoms with Gasteiger partial charge in [-0.15, -0.1) is 0 Å². The minimum Gasteiger partial charge on any atom is -0.508 e. The highest BCUT2D eigenvalue weighted by Crippen LogP contribution is 2.24. The summed E-state index contributed by atoms with van der Waals surface area (Å²) in [6, 6.07) is 5.16. The van der Waals surface area contributed by atoms with Gasteiger partial charge in [0.25, 0.3) is 0 Å². The Morgan fingerprint density at radius 2 is 2.18 bits per heavy atom. The first-order valence-corrected chi connectivity index (χ1v) is 6.27. The third-order valence-electron chi connectivity index (χ3n) is 2.34. The van der Waals surface area contributed by atoms with Crippen molar-refractivity contribution in [2.45, 2.75) is 32.9 Å². The van der Waals surface area contributed by atoms with Gasteiger partial charge in [0.1, 0.15) is 5.75 Å². The lowest BCUT2D eigenvalue weighted by Crippen LogP contribution is -2.17. The number of hydrogen-bond donors (Lipinski definition) is 2. The Kier molecular flexibility index (Phi) is 6.34. The van der Waals surface area contributed by atoms with Crippen molar-refractivity contribution >= 4 is 11.6 Å². The average molecular weight is 258 g/mol. The van der Waals surface area contributed by atoms with Gasteiger partial charge in [0.15, 0.2) is 0 Å². The van der Waals surface area contributed by atoms with E-state index in [4.69, 9.17) is 16.3 Å². The van der Waals surface area contributed by atoms with Gasteiger partial charge in [-0.3, -0.25) is 0 Å². The van der Waals surface area contributed by atoms with Crippen LogP contribution in [0.25, 0.3) is 0 Å². The third-order valence-corrected chi connectivity index (χ3v) is 2.70. The van der Waals surface area contributed by atoms with Crippen molar-refractivity contribution in [2.75, 3.05) is 13.2 Å². The van der Waals surface area contributed by atoms with Crippen LogP contribution in [-0.4, -0.2) is 24.4 Å². The molecule has 0 saturated heterocycles. The Hall–Kier alpha value is -0.770. The topological polar surface area (TPSA) is 41.5 Å². The average Bonchev–Trinajstić information content (AvgIpc) is 2.26. The standard InChI is InChI=1S/C13H20ClNO2/c1-10(2)17-8-4-7-15-9-11-12(14)5-3-6-13(11)16/h3,5-6,10,15-16H,4,7-9H2,1-2H3.